The van der Waals surface area contributed by atoms with E-state index in [1.54, 1.807) is 9.42 Å². The molecular weight excluding hydrogens is 563 g/mol. The second-order valence-corrected chi connectivity index (χ2v) is 10.7. The number of aromatic nitrogens is 3. The van der Waals surface area contributed by atoms with Crippen molar-refractivity contribution in [2.75, 3.05) is 36.5 Å². The number of piperidine rings is 1. The highest BCUT2D eigenvalue weighted by Gasteiger charge is 2.33. The van der Waals surface area contributed by atoms with E-state index in [-0.39, 0.29) is 28.2 Å². The Hall–Kier alpha value is -3.87. The molecule has 2 atom stereocenters. The number of likely N-dealkylation sites (tertiary alicyclic amines) is 1. The first-order valence-corrected chi connectivity index (χ1v) is 13.6. The smallest absolute Gasteiger partial charge is 0.422 e. The van der Waals surface area contributed by atoms with Crippen LogP contribution in [0.3, 0.4) is 0 Å². The van der Waals surface area contributed by atoms with E-state index in [1.807, 2.05) is 19.2 Å². The Morgan fingerprint density at radius 3 is 2.76 bits per heavy atom. The first-order chi connectivity index (χ1) is 19.5. The van der Waals surface area contributed by atoms with E-state index in [9.17, 15) is 22.8 Å². The quantitative estimate of drug-likeness (QED) is 0.358. The molecule has 41 heavy (non-hydrogen) atoms. The number of ether oxygens (including phenoxy) is 1. The van der Waals surface area contributed by atoms with Crippen LogP contribution in [0.25, 0.3) is 5.65 Å². The molecule has 218 valence electrons. The van der Waals surface area contributed by atoms with E-state index < -0.39 is 24.8 Å². The van der Waals surface area contributed by atoms with Crippen molar-refractivity contribution in [3.8, 4) is 0 Å². The van der Waals surface area contributed by atoms with E-state index in [0.29, 0.717) is 24.3 Å². The fourth-order valence-corrected chi connectivity index (χ4v) is 5.52. The molecule has 0 aliphatic carbocycles. The number of nitrogens with one attached hydrogen (secondary N) is 2. The number of halogens is 4. The minimum absolute atomic E-state index is 0.0123. The summed E-state index contributed by atoms with van der Waals surface area (Å²) in [4.78, 5) is 34.5. The molecule has 4 heterocycles. The van der Waals surface area contributed by atoms with Gasteiger partial charge < -0.3 is 19.9 Å². The number of amides is 2. The number of carbonyl (C=O) groups excluding carboxylic acids is 2. The number of alkyl halides is 3. The molecule has 5 rings (SSSR count). The zero-order valence-corrected chi connectivity index (χ0v) is 23.0. The van der Waals surface area contributed by atoms with Gasteiger partial charge in [0, 0.05) is 54.6 Å². The second kappa shape index (κ2) is 11.6. The fraction of sp³-hybridized carbons (Fsp3) is 0.444. The third-order valence-electron chi connectivity index (χ3n) is 7.30. The van der Waals surface area contributed by atoms with Crippen LogP contribution in [0.15, 0.2) is 30.5 Å². The van der Waals surface area contributed by atoms with E-state index in [4.69, 9.17) is 27.1 Å². The Morgan fingerprint density at radius 1 is 1.22 bits per heavy atom. The van der Waals surface area contributed by atoms with Crippen LogP contribution in [0.4, 0.5) is 29.5 Å². The lowest BCUT2D eigenvalue weighted by Gasteiger charge is -2.35. The van der Waals surface area contributed by atoms with Crippen LogP contribution >= 0.6 is 11.6 Å². The molecule has 2 unspecified atom stereocenters. The van der Waals surface area contributed by atoms with Gasteiger partial charge in [-0.1, -0.05) is 11.6 Å². The van der Waals surface area contributed by atoms with Crippen LogP contribution in [-0.2, 0) is 4.74 Å². The molecule has 1 aromatic carbocycles. The van der Waals surface area contributed by atoms with Gasteiger partial charge in [0.1, 0.15) is 5.82 Å². The molecule has 2 N–H and O–H groups in total. The number of hydrogen-bond acceptors (Lipinski definition) is 7. The lowest BCUT2D eigenvalue weighted by Crippen LogP contribution is -2.39. The number of fused-ring (bicyclic) bond motifs is 1. The molecule has 0 saturated carbocycles. The standard InChI is InChI=1S/C27H29ClF3N7O3/c1-16-13-38-23(34-24(16)36-9-7-17(12-32)14-36)11-21(35-38)22-4-2-3-8-37(22)25(39)19-10-18(28)5-6-20(19)33-26(40)41-15-27(29,30)31/h5-6,10-13,17,22,32H,2-4,7-9,14-15H2,1H3,(H,33,40). The number of aryl methyl sites for hydroxylation is 1. The zero-order valence-electron chi connectivity index (χ0n) is 22.2. The number of anilines is 2. The molecule has 2 aliphatic heterocycles. The monoisotopic (exact) mass is 591 g/mol. The van der Waals surface area contributed by atoms with Crippen LogP contribution in [0.5, 0.6) is 0 Å². The largest absolute Gasteiger partial charge is 0.440 e. The second-order valence-electron chi connectivity index (χ2n) is 10.3. The zero-order chi connectivity index (χ0) is 29.3. The molecule has 3 aromatic rings. The van der Waals surface area contributed by atoms with Crippen LogP contribution in [0.1, 0.15) is 53.3 Å². The Morgan fingerprint density at radius 2 is 2.02 bits per heavy atom. The fourth-order valence-electron chi connectivity index (χ4n) is 5.35. The summed E-state index contributed by atoms with van der Waals surface area (Å²) in [5.74, 6) is 0.601. The average molecular weight is 592 g/mol. The van der Waals surface area contributed by atoms with Crippen LogP contribution in [0, 0.1) is 18.3 Å². The Kier molecular flexibility index (Phi) is 8.07. The summed E-state index contributed by atoms with van der Waals surface area (Å²) in [6.45, 7) is 2.17. The molecule has 2 aliphatic rings. The maximum atomic E-state index is 13.8. The predicted octanol–water partition coefficient (Wildman–Crippen LogP) is 5.65. The molecule has 0 bridgehead atoms. The van der Waals surface area contributed by atoms with Gasteiger partial charge in [-0.15, -0.1) is 0 Å². The van der Waals surface area contributed by atoms with Gasteiger partial charge in [0.15, 0.2) is 12.3 Å². The summed E-state index contributed by atoms with van der Waals surface area (Å²) in [5.41, 5.74) is 2.25. The Labute approximate surface area is 238 Å². The minimum atomic E-state index is -4.68. The highest BCUT2D eigenvalue weighted by molar-refractivity contribution is 6.31. The molecule has 14 heteroatoms. The number of rotatable bonds is 6. The van der Waals surface area contributed by atoms with Gasteiger partial charge in [0.2, 0.25) is 0 Å². The Bertz CT molecular complexity index is 1480. The number of benzene rings is 1. The molecular formula is C27H29ClF3N7O3. The predicted molar refractivity (Wildman–Crippen MR) is 147 cm³/mol. The Balaban J connectivity index is 1.41. The van der Waals surface area contributed by atoms with Crippen molar-refractivity contribution in [2.24, 2.45) is 5.92 Å². The van der Waals surface area contributed by atoms with E-state index >= 15 is 0 Å². The number of hydrogen-bond donors (Lipinski definition) is 2. The lowest BCUT2D eigenvalue weighted by atomic mass is 9.98. The maximum Gasteiger partial charge on any atom is 0.422 e. The van der Waals surface area contributed by atoms with Gasteiger partial charge in [-0.05, 0) is 50.8 Å². The van der Waals surface area contributed by atoms with Gasteiger partial charge in [-0.25, -0.2) is 14.3 Å². The molecule has 0 spiro atoms. The summed E-state index contributed by atoms with van der Waals surface area (Å²) in [5, 5.41) is 14.8. The third kappa shape index (κ3) is 6.39. The third-order valence-corrected chi connectivity index (χ3v) is 7.54. The topological polar surface area (TPSA) is 116 Å². The summed E-state index contributed by atoms with van der Waals surface area (Å²) in [6.07, 6.45) is 0.518. The van der Waals surface area contributed by atoms with Gasteiger partial charge >= 0.3 is 12.3 Å². The average Bonchev–Trinajstić information content (AvgIpc) is 3.58. The van der Waals surface area contributed by atoms with Crippen molar-refractivity contribution in [2.45, 2.75) is 44.8 Å². The van der Waals surface area contributed by atoms with Gasteiger partial charge in [0.05, 0.1) is 23.0 Å². The summed E-state index contributed by atoms with van der Waals surface area (Å²) >= 11 is 6.16. The summed E-state index contributed by atoms with van der Waals surface area (Å²) in [6, 6.07) is 5.61. The van der Waals surface area contributed by atoms with E-state index in [0.717, 1.165) is 43.7 Å². The lowest BCUT2D eigenvalue weighted by molar-refractivity contribution is -0.159. The van der Waals surface area contributed by atoms with Crippen molar-refractivity contribution in [1.82, 2.24) is 19.5 Å². The molecule has 2 aromatic heterocycles. The number of nitrogens with zero attached hydrogens (tertiary/aromatic N) is 5. The first kappa shape index (κ1) is 28.7. The van der Waals surface area contributed by atoms with Crippen molar-refractivity contribution in [3.63, 3.8) is 0 Å². The van der Waals surface area contributed by atoms with E-state index in [1.165, 1.54) is 24.4 Å². The van der Waals surface area contributed by atoms with Gasteiger partial charge in [-0.3, -0.25) is 10.1 Å². The number of carbonyl (C=O) groups is 2. The van der Waals surface area contributed by atoms with E-state index in [2.05, 4.69) is 15.0 Å². The van der Waals surface area contributed by atoms with Gasteiger partial charge in [-0.2, -0.15) is 18.3 Å². The van der Waals surface area contributed by atoms with Crippen molar-refractivity contribution >= 4 is 47.0 Å². The van der Waals surface area contributed by atoms with Crippen molar-refractivity contribution in [3.05, 3.63) is 52.3 Å². The summed E-state index contributed by atoms with van der Waals surface area (Å²) in [7, 11) is 0. The maximum absolute atomic E-state index is 13.8. The minimum Gasteiger partial charge on any atom is -0.440 e. The normalized spacial score (nSPS) is 19.4. The van der Waals surface area contributed by atoms with Crippen LogP contribution in [-0.4, -0.2) is 70.1 Å². The van der Waals surface area contributed by atoms with Crippen molar-refractivity contribution < 1.29 is 27.5 Å². The first-order valence-electron chi connectivity index (χ1n) is 13.3. The highest BCUT2D eigenvalue weighted by Crippen LogP contribution is 2.34. The molecule has 0 radical (unpaired) electrons. The van der Waals surface area contributed by atoms with Crippen LogP contribution in [0.2, 0.25) is 5.02 Å². The summed E-state index contributed by atoms with van der Waals surface area (Å²) < 4.78 is 43.4. The van der Waals surface area contributed by atoms with Gasteiger partial charge in [0.25, 0.3) is 5.91 Å². The molecule has 2 amide bonds. The SMILES string of the molecule is Cc1cn2nc(C3CCCCN3C(=O)c3cc(Cl)ccc3NC(=O)OCC(F)(F)F)cc2nc1N1CCC(C=N)C1. The van der Waals surface area contributed by atoms with Crippen molar-refractivity contribution in [1.29, 1.82) is 5.41 Å². The molecule has 2 saturated heterocycles. The molecule has 10 nitrogen and oxygen atoms in total. The highest BCUT2D eigenvalue weighted by atomic mass is 35.5. The van der Waals surface area contributed by atoms with Crippen LogP contribution < -0.4 is 10.2 Å². The molecule has 2 fully saturated rings.